The SMILES string of the molecule is N#CC1=CC(O)(/C=C/C(=O)O)C(O)C1. The van der Waals surface area contributed by atoms with Crippen molar-refractivity contribution in [3.05, 3.63) is 23.8 Å². The zero-order valence-electron chi connectivity index (χ0n) is 7.21. The van der Waals surface area contributed by atoms with E-state index in [1.165, 1.54) is 0 Å². The van der Waals surface area contributed by atoms with Crippen LogP contribution < -0.4 is 0 Å². The number of nitriles is 1. The summed E-state index contributed by atoms with van der Waals surface area (Å²) in [4.78, 5) is 10.2. The van der Waals surface area contributed by atoms with E-state index < -0.39 is 17.7 Å². The molecule has 0 saturated heterocycles. The maximum absolute atomic E-state index is 10.2. The van der Waals surface area contributed by atoms with Crippen LogP contribution in [-0.2, 0) is 4.79 Å². The van der Waals surface area contributed by atoms with Gasteiger partial charge in [-0.25, -0.2) is 4.79 Å². The number of carboxylic acids is 1. The molecule has 1 aliphatic rings. The Hall–Kier alpha value is -1.64. The maximum atomic E-state index is 10.2. The second-order valence-corrected chi connectivity index (χ2v) is 3.06. The number of aliphatic hydroxyl groups excluding tert-OH is 1. The van der Waals surface area contributed by atoms with Gasteiger partial charge >= 0.3 is 5.97 Å². The summed E-state index contributed by atoms with van der Waals surface area (Å²) in [5, 5.41) is 35.9. The van der Waals surface area contributed by atoms with Gasteiger partial charge in [-0.05, 0) is 12.2 Å². The molecule has 1 aliphatic carbocycles. The summed E-state index contributed by atoms with van der Waals surface area (Å²) in [7, 11) is 0. The molecule has 14 heavy (non-hydrogen) atoms. The summed E-state index contributed by atoms with van der Waals surface area (Å²) in [6, 6.07) is 1.80. The van der Waals surface area contributed by atoms with Gasteiger partial charge in [0.05, 0.1) is 12.2 Å². The number of aliphatic hydroxyl groups is 2. The van der Waals surface area contributed by atoms with E-state index in [1.807, 2.05) is 0 Å². The van der Waals surface area contributed by atoms with E-state index in [9.17, 15) is 15.0 Å². The molecule has 3 N–H and O–H groups in total. The highest BCUT2D eigenvalue weighted by atomic mass is 16.4. The predicted octanol–water partition coefficient (Wildman–Crippen LogP) is -0.427. The molecule has 5 heteroatoms. The standard InChI is InChI=1S/C9H9NO4/c10-5-6-3-7(11)9(14,4-6)2-1-8(12)13/h1-2,4,7,11,14H,3H2,(H,12,13)/b2-1+. The first-order valence-corrected chi connectivity index (χ1v) is 3.92. The minimum absolute atomic E-state index is 0.0386. The summed E-state index contributed by atoms with van der Waals surface area (Å²) < 4.78 is 0. The Morgan fingerprint density at radius 3 is 2.86 bits per heavy atom. The number of hydrogen-bond acceptors (Lipinski definition) is 4. The zero-order valence-corrected chi connectivity index (χ0v) is 7.21. The van der Waals surface area contributed by atoms with Crippen LogP contribution in [0.1, 0.15) is 6.42 Å². The number of nitrogens with zero attached hydrogens (tertiary/aromatic N) is 1. The summed E-state index contributed by atoms with van der Waals surface area (Å²) in [6.45, 7) is 0. The first-order chi connectivity index (χ1) is 6.48. The molecule has 0 heterocycles. The van der Waals surface area contributed by atoms with Gasteiger partial charge in [-0.15, -0.1) is 0 Å². The average molecular weight is 195 g/mol. The van der Waals surface area contributed by atoms with Crippen molar-refractivity contribution in [2.24, 2.45) is 0 Å². The van der Waals surface area contributed by atoms with Crippen LogP contribution in [0.25, 0.3) is 0 Å². The Kier molecular flexibility index (Phi) is 2.70. The highest BCUT2D eigenvalue weighted by Gasteiger charge is 2.37. The molecule has 74 valence electrons. The summed E-state index contributed by atoms with van der Waals surface area (Å²) in [5.74, 6) is -1.22. The Balaban J connectivity index is 2.90. The molecule has 5 nitrogen and oxygen atoms in total. The van der Waals surface area contributed by atoms with E-state index in [4.69, 9.17) is 10.4 Å². The van der Waals surface area contributed by atoms with Crippen molar-refractivity contribution in [1.82, 2.24) is 0 Å². The fourth-order valence-electron chi connectivity index (χ4n) is 1.25. The third kappa shape index (κ3) is 1.99. The third-order valence-corrected chi connectivity index (χ3v) is 1.99. The van der Waals surface area contributed by atoms with Gasteiger partial charge in [0.2, 0.25) is 0 Å². The molecular formula is C9H9NO4. The lowest BCUT2D eigenvalue weighted by molar-refractivity contribution is -0.131. The lowest BCUT2D eigenvalue weighted by atomic mass is 10.0. The summed E-state index contributed by atoms with van der Waals surface area (Å²) in [6.07, 6.45) is 1.74. The topological polar surface area (TPSA) is 102 Å². The van der Waals surface area contributed by atoms with Crippen molar-refractivity contribution in [2.45, 2.75) is 18.1 Å². The number of carbonyl (C=O) groups is 1. The van der Waals surface area contributed by atoms with E-state index in [2.05, 4.69) is 0 Å². The second kappa shape index (κ2) is 3.62. The molecular weight excluding hydrogens is 186 g/mol. The van der Waals surface area contributed by atoms with E-state index in [0.717, 1.165) is 18.2 Å². The van der Waals surface area contributed by atoms with Gasteiger partial charge in [-0.2, -0.15) is 5.26 Å². The minimum atomic E-state index is -1.73. The summed E-state index contributed by atoms with van der Waals surface area (Å²) in [5.41, 5.74) is -1.49. The first-order valence-electron chi connectivity index (χ1n) is 3.92. The molecule has 2 atom stereocenters. The predicted molar refractivity (Wildman–Crippen MR) is 46.0 cm³/mol. The Labute approximate surface area is 80.2 Å². The smallest absolute Gasteiger partial charge is 0.328 e. The van der Waals surface area contributed by atoms with Crippen molar-refractivity contribution in [1.29, 1.82) is 5.26 Å². The fourth-order valence-corrected chi connectivity index (χ4v) is 1.25. The summed E-state index contributed by atoms with van der Waals surface area (Å²) >= 11 is 0. The number of aliphatic carboxylic acids is 1. The van der Waals surface area contributed by atoms with Gasteiger partial charge in [0, 0.05) is 18.1 Å². The van der Waals surface area contributed by atoms with Gasteiger partial charge in [0.1, 0.15) is 5.60 Å². The largest absolute Gasteiger partial charge is 0.478 e. The highest BCUT2D eigenvalue weighted by Crippen LogP contribution is 2.29. The highest BCUT2D eigenvalue weighted by molar-refractivity contribution is 5.80. The lowest BCUT2D eigenvalue weighted by Crippen LogP contribution is -2.34. The number of hydrogen-bond donors (Lipinski definition) is 3. The van der Waals surface area contributed by atoms with Crippen LogP contribution in [0.5, 0.6) is 0 Å². The van der Waals surface area contributed by atoms with Crippen molar-refractivity contribution in [3.8, 4) is 6.07 Å². The molecule has 0 aliphatic heterocycles. The lowest BCUT2D eigenvalue weighted by Gasteiger charge is -2.20. The molecule has 2 unspecified atom stereocenters. The quantitative estimate of drug-likeness (QED) is 0.519. The van der Waals surface area contributed by atoms with Crippen molar-refractivity contribution < 1.29 is 20.1 Å². The molecule has 0 bridgehead atoms. The third-order valence-electron chi connectivity index (χ3n) is 1.99. The van der Waals surface area contributed by atoms with Crippen LogP contribution >= 0.6 is 0 Å². The van der Waals surface area contributed by atoms with Crippen molar-refractivity contribution in [2.75, 3.05) is 0 Å². The number of carboxylic acid groups (broad SMARTS) is 1. The van der Waals surface area contributed by atoms with Crippen LogP contribution in [0.4, 0.5) is 0 Å². The van der Waals surface area contributed by atoms with E-state index in [1.54, 1.807) is 6.07 Å². The molecule has 0 saturated carbocycles. The molecule has 0 fully saturated rings. The zero-order chi connectivity index (χ0) is 10.8. The van der Waals surface area contributed by atoms with Crippen LogP contribution in [-0.4, -0.2) is 33.0 Å². The van der Waals surface area contributed by atoms with Gasteiger partial charge in [-0.1, -0.05) is 0 Å². The van der Waals surface area contributed by atoms with Gasteiger partial charge < -0.3 is 15.3 Å². The second-order valence-electron chi connectivity index (χ2n) is 3.06. The Morgan fingerprint density at radius 1 is 1.79 bits per heavy atom. The van der Waals surface area contributed by atoms with E-state index in [-0.39, 0.29) is 12.0 Å². The first kappa shape index (κ1) is 10.4. The normalized spacial score (nSPS) is 31.5. The minimum Gasteiger partial charge on any atom is -0.478 e. The molecule has 0 aromatic rings. The van der Waals surface area contributed by atoms with Crippen molar-refractivity contribution in [3.63, 3.8) is 0 Å². The maximum Gasteiger partial charge on any atom is 0.328 e. The average Bonchev–Trinajstić information content (AvgIpc) is 2.40. The van der Waals surface area contributed by atoms with Gasteiger partial charge in [0.25, 0.3) is 0 Å². The van der Waals surface area contributed by atoms with E-state index in [0.29, 0.717) is 0 Å². The Morgan fingerprint density at radius 2 is 2.43 bits per heavy atom. The molecule has 0 aromatic heterocycles. The van der Waals surface area contributed by atoms with Gasteiger partial charge in [0.15, 0.2) is 0 Å². The van der Waals surface area contributed by atoms with Crippen LogP contribution in [0.3, 0.4) is 0 Å². The van der Waals surface area contributed by atoms with E-state index >= 15 is 0 Å². The Bertz CT molecular complexity index is 352. The molecule has 1 rings (SSSR count). The van der Waals surface area contributed by atoms with Gasteiger partial charge in [-0.3, -0.25) is 0 Å². The van der Waals surface area contributed by atoms with Crippen LogP contribution in [0, 0.1) is 11.3 Å². The van der Waals surface area contributed by atoms with Crippen molar-refractivity contribution >= 4 is 5.97 Å². The molecule has 0 spiro atoms. The fraction of sp³-hybridized carbons (Fsp3) is 0.333. The monoisotopic (exact) mass is 195 g/mol. The van der Waals surface area contributed by atoms with Crippen LogP contribution in [0.15, 0.2) is 23.8 Å². The molecule has 0 aromatic carbocycles. The number of rotatable bonds is 2. The van der Waals surface area contributed by atoms with Crippen LogP contribution in [0.2, 0.25) is 0 Å². The molecule has 0 radical (unpaired) electrons. The molecule has 0 amide bonds.